The molecule has 2 heterocycles. The third-order valence-electron chi connectivity index (χ3n) is 5.60. The van der Waals surface area contributed by atoms with Crippen LogP contribution < -0.4 is 10.6 Å². The lowest BCUT2D eigenvalue weighted by molar-refractivity contribution is 0.102. The van der Waals surface area contributed by atoms with E-state index in [2.05, 4.69) is 15.6 Å². The second-order valence-corrected chi connectivity index (χ2v) is 9.14. The van der Waals surface area contributed by atoms with Crippen molar-refractivity contribution >= 4 is 40.6 Å². The molecule has 0 unspecified atom stereocenters. The van der Waals surface area contributed by atoms with E-state index in [0.29, 0.717) is 41.6 Å². The number of urea groups is 1. The van der Waals surface area contributed by atoms with Gasteiger partial charge in [-0.2, -0.15) is 0 Å². The number of nitrogens with one attached hydrogen (secondary N) is 2. The summed E-state index contributed by atoms with van der Waals surface area (Å²) in [6, 6.07) is 11.2. The summed E-state index contributed by atoms with van der Waals surface area (Å²) in [5.41, 5.74) is 2.13. The summed E-state index contributed by atoms with van der Waals surface area (Å²) >= 11 is 7.42. The number of nitrogens with zero attached hydrogens (tertiary/aromatic N) is 2. The number of likely N-dealkylation sites (tertiary alicyclic amines) is 1. The van der Waals surface area contributed by atoms with E-state index in [4.69, 9.17) is 11.6 Å². The molecule has 9 heteroatoms. The van der Waals surface area contributed by atoms with E-state index in [0.717, 1.165) is 23.4 Å². The molecule has 1 fully saturated rings. The number of hydrogen-bond acceptors (Lipinski definition) is 4. The zero-order chi connectivity index (χ0) is 23.4. The predicted molar refractivity (Wildman–Crippen MR) is 130 cm³/mol. The van der Waals surface area contributed by atoms with E-state index >= 15 is 0 Å². The van der Waals surface area contributed by atoms with Crippen LogP contribution in [-0.4, -0.2) is 41.5 Å². The standard InChI is InChI=1S/C24H24ClFN4O2S/c1-2-27-24(32)30-11-9-16(10-12-30)23-29-21(14-33-23)22(31)28-20-8-7-18(26)13-19(20)15-3-5-17(25)6-4-15/h3-8,13-14,16H,2,9-12H2,1H3,(H,27,32)(H,28,31). The van der Waals surface area contributed by atoms with Gasteiger partial charge in [-0.15, -0.1) is 11.3 Å². The molecule has 2 N–H and O–H groups in total. The molecule has 0 radical (unpaired) electrons. The Morgan fingerprint density at radius 2 is 1.91 bits per heavy atom. The lowest BCUT2D eigenvalue weighted by Crippen LogP contribution is -2.44. The van der Waals surface area contributed by atoms with Gasteiger partial charge in [0.2, 0.25) is 0 Å². The highest BCUT2D eigenvalue weighted by Gasteiger charge is 2.26. The number of hydrogen-bond donors (Lipinski definition) is 2. The van der Waals surface area contributed by atoms with Gasteiger partial charge in [0, 0.05) is 47.2 Å². The molecule has 0 aliphatic carbocycles. The van der Waals surface area contributed by atoms with Crippen molar-refractivity contribution < 1.29 is 14.0 Å². The average Bonchev–Trinajstić information content (AvgIpc) is 3.32. The van der Waals surface area contributed by atoms with E-state index in [9.17, 15) is 14.0 Å². The highest BCUT2D eigenvalue weighted by molar-refractivity contribution is 7.10. The topological polar surface area (TPSA) is 74.3 Å². The largest absolute Gasteiger partial charge is 0.338 e. The first-order valence-corrected chi connectivity index (χ1v) is 12.1. The van der Waals surface area contributed by atoms with Crippen LogP contribution in [0.2, 0.25) is 5.02 Å². The van der Waals surface area contributed by atoms with E-state index in [-0.39, 0.29) is 17.9 Å². The molecule has 4 rings (SSSR count). The van der Waals surface area contributed by atoms with Gasteiger partial charge in [0.05, 0.1) is 5.01 Å². The Morgan fingerprint density at radius 1 is 1.18 bits per heavy atom. The van der Waals surface area contributed by atoms with Gasteiger partial charge in [0.25, 0.3) is 5.91 Å². The number of piperidine rings is 1. The Morgan fingerprint density at radius 3 is 2.61 bits per heavy atom. The van der Waals surface area contributed by atoms with Gasteiger partial charge in [-0.05, 0) is 55.7 Å². The second-order valence-electron chi connectivity index (χ2n) is 7.82. The number of thiazole rings is 1. The van der Waals surface area contributed by atoms with Crippen molar-refractivity contribution in [2.75, 3.05) is 25.0 Å². The van der Waals surface area contributed by atoms with Gasteiger partial charge in [-0.25, -0.2) is 14.2 Å². The maximum Gasteiger partial charge on any atom is 0.317 e. The van der Waals surface area contributed by atoms with E-state index in [1.165, 1.54) is 23.5 Å². The number of carbonyl (C=O) groups excluding carboxylic acids is 2. The molecule has 0 saturated carbocycles. The van der Waals surface area contributed by atoms with Crippen molar-refractivity contribution in [1.29, 1.82) is 0 Å². The molecule has 172 valence electrons. The molecule has 3 aromatic rings. The molecule has 2 aromatic carbocycles. The molecule has 0 spiro atoms. The van der Waals surface area contributed by atoms with Gasteiger partial charge in [0.1, 0.15) is 11.5 Å². The molecule has 3 amide bonds. The predicted octanol–water partition coefficient (Wildman–Crippen LogP) is 5.76. The van der Waals surface area contributed by atoms with Gasteiger partial charge in [-0.1, -0.05) is 23.7 Å². The fourth-order valence-electron chi connectivity index (χ4n) is 3.85. The molecule has 0 atom stereocenters. The van der Waals surface area contributed by atoms with Crippen molar-refractivity contribution in [1.82, 2.24) is 15.2 Å². The quantitative estimate of drug-likeness (QED) is 0.481. The Kier molecular flexibility index (Phi) is 7.25. The summed E-state index contributed by atoms with van der Waals surface area (Å²) in [6.07, 6.45) is 1.62. The lowest BCUT2D eigenvalue weighted by Gasteiger charge is -2.31. The Bertz CT molecular complexity index is 1140. The van der Waals surface area contributed by atoms with Crippen LogP contribution >= 0.6 is 22.9 Å². The number of halogens is 2. The van der Waals surface area contributed by atoms with Crippen molar-refractivity contribution in [3.63, 3.8) is 0 Å². The molecule has 1 aromatic heterocycles. The smallest absolute Gasteiger partial charge is 0.317 e. The molecule has 1 aliphatic heterocycles. The molecule has 0 bridgehead atoms. The minimum absolute atomic E-state index is 0.0362. The zero-order valence-corrected chi connectivity index (χ0v) is 19.7. The van der Waals surface area contributed by atoms with Crippen LogP contribution in [0.3, 0.4) is 0 Å². The number of anilines is 1. The van der Waals surface area contributed by atoms with Crippen molar-refractivity contribution in [2.45, 2.75) is 25.7 Å². The molecular formula is C24H24ClFN4O2S. The summed E-state index contributed by atoms with van der Waals surface area (Å²) in [5.74, 6) is -0.524. The summed E-state index contributed by atoms with van der Waals surface area (Å²) in [6.45, 7) is 3.84. The lowest BCUT2D eigenvalue weighted by atomic mass is 9.98. The number of aromatic nitrogens is 1. The van der Waals surface area contributed by atoms with Crippen molar-refractivity contribution in [3.05, 3.63) is 69.4 Å². The number of amides is 3. The third kappa shape index (κ3) is 5.51. The highest BCUT2D eigenvalue weighted by atomic mass is 35.5. The zero-order valence-electron chi connectivity index (χ0n) is 18.1. The van der Waals surface area contributed by atoms with Crippen LogP contribution in [0.1, 0.15) is 41.2 Å². The fourth-order valence-corrected chi connectivity index (χ4v) is 4.95. The number of carbonyl (C=O) groups is 2. The summed E-state index contributed by atoms with van der Waals surface area (Å²) in [7, 11) is 0. The van der Waals surface area contributed by atoms with Crippen LogP contribution in [0.25, 0.3) is 11.1 Å². The van der Waals surface area contributed by atoms with Gasteiger partial charge in [-0.3, -0.25) is 4.79 Å². The molecule has 6 nitrogen and oxygen atoms in total. The van der Waals surface area contributed by atoms with Gasteiger partial charge >= 0.3 is 6.03 Å². The Labute approximate surface area is 200 Å². The molecule has 1 aliphatic rings. The SMILES string of the molecule is CCNC(=O)N1CCC(c2nc(C(=O)Nc3ccc(F)cc3-c3ccc(Cl)cc3)cs2)CC1. The third-order valence-corrected chi connectivity index (χ3v) is 6.86. The maximum absolute atomic E-state index is 13.9. The molecule has 1 saturated heterocycles. The number of rotatable bonds is 5. The molecule has 33 heavy (non-hydrogen) atoms. The summed E-state index contributed by atoms with van der Waals surface area (Å²) < 4.78 is 13.9. The summed E-state index contributed by atoms with van der Waals surface area (Å²) in [4.78, 5) is 31.3. The second kappa shape index (κ2) is 10.3. The Hall–Kier alpha value is -2.97. The van der Waals surface area contributed by atoms with Gasteiger partial charge < -0.3 is 15.5 Å². The first-order valence-electron chi connectivity index (χ1n) is 10.8. The van der Waals surface area contributed by atoms with Crippen LogP contribution in [0.5, 0.6) is 0 Å². The minimum Gasteiger partial charge on any atom is -0.338 e. The van der Waals surface area contributed by atoms with Crippen molar-refractivity contribution in [3.8, 4) is 11.1 Å². The van der Waals surface area contributed by atoms with Crippen molar-refractivity contribution in [2.24, 2.45) is 0 Å². The van der Waals surface area contributed by atoms with Crippen LogP contribution in [-0.2, 0) is 0 Å². The maximum atomic E-state index is 13.9. The molecular weight excluding hydrogens is 463 g/mol. The van der Waals surface area contributed by atoms with Crippen LogP contribution in [0.4, 0.5) is 14.9 Å². The summed E-state index contributed by atoms with van der Waals surface area (Å²) in [5, 5.41) is 8.90. The highest BCUT2D eigenvalue weighted by Crippen LogP contribution is 2.32. The van der Waals surface area contributed by atoms with Gasteiger partial charge in [0.15, 0.2) is 0 Å². The monoisotopic (exact) mass is 486 g/mol. The first kappa shape index (κ1) is 23.2. The Balaban J connectivity index is 1.45. The number of benzene rings is 2. The van der Waals surface area contributed by atoms with E-state index in [1.807, 2.05) is 11.8 Å². The van der Waals surface area contributed by atoms with E-state index in [1.54, 1.807) is 35.7 Å². The first-order chi connectivity index (χ1) is 15.9. The normalized spacial score (nSPS) is 14.2. The van der Waals surface area contributed by atoms with Crippen LogP contribution in [0, 0.1) is 5.82 Å². The average molecular weight is 487 g/mol. The fraction of sp³-hybridized carbons (Fsp3) is 0.292. The van der Waals surface area contributed by atoms with E-state index < -0.39 is 5.82 Å². The van der Waals surface area contributed by atoms with Crippen LogP contribution in [0.15, 0.2) is 47.8 Å². The minimum atomic E-state index is -0.396.